The van der Waals surface area contributed by atoms with Crippen LogP contribution < -0.4 is 0 Å². The quantitative estimate of drug-likeness (QED) is 0.787. The molecule has 2 rings (SSSR count). The van der Waals surface area contributed by atoms with Crippen molar-refractivity contribution in [1.29, 1.82) is 0 Å². The fraction of sp³-hybridized carbons (Fsp3) is 0.923. The van der Waals surface area contributed by atoms with Crippen LogP contribution in [-0.2, 0) is 4.79 Å². The second kappa shape index (κ2) is 5.83. The second-order valence-electron chi connectivity index (χ2n) is 5.40. The molecule has 2 atom stereocenters. The molecule has 2 unspecified atom stereocenters. The number of rotatable bonds is 4. The van der Waals surface area contributed by atoms with Crippen molar-refractivity contribution in [2.24, 2.45) is 5.92 Å². The van der Waals surface area contributed by atoms with E-state index in [0.717, 1.165) is 32.6 Å². The summed E-state index contributed by atoms with van der Waals surface area (Å²) in [5.74, 6) is 0.663. The highest BCUT2D eigenvalue weighted by Gasteiger charge is 2.33. The molecule has 0 aromatic carbocycles. The Balaban J connectivity index is 1.78. The van der Waals surface area contributed by atoms with Crippen LogP contribution in [0.4, 0.5) is 0 Å². The molecule has 2 fully saturated rings. The molecule has 0 aromatic heterocycles. The summed E-state index contributed by atoms with van der Waals surface area (Å²) in [5.41, 5.74) is 0. The summed E-state index contributed by atoms with van der Waals surface area (Å²) in [6, 6.07) is 0.0566. The lowest BCUT2D eigenvalue weighted by Gasteiger charge is -2.26. The third-order valence-corrected chi connectivity index (χ3v) is 4.23. The average molecular weight is 240 g/mol. The van der Waals surface area contributed by atoms with Crippen LogP contribution in [0.5, 0.6) is 0 Å². The predicted octanol–water partition coefficient (Wildman–Crippen LogP) is 0.702. The van der Waals surface area contributed by atoms with Gasteiger partial charge < -0.3 is 14.9 Å². The SMILES string of the molecule is CC1CCN(C(=O)CCN2CCCC2)C1CO. The topological polar surface area (TPSA) is 43.8 Å². The maximum atomic E-state index is 12.1. The Morgan fingerprint density at radius 2 is 2.00 bits per heavy atom. The zero-order valence-corrected chi connectivity index (χ0v) is 10.8. The number of carbonyl (C=O) groups excluding carboxylic acids is 1. The van der Waals surface area contributed by atoms with E-state index in [4.69, 9.17) is 0 Å². The standard InChI is InChI=1S/C13H24N2O2/c1-11-4-9-15(12(11)10-16)13(17)5-8-14-6-2-3-7-14/h11-12,16H,2-10H2,1H3. The van der Waals surface area contributed by atoms with Crippen LogP contribution in [0.25, 0.3) is 0 Å². The van der Waals surface area contributed by atoms with Crippen LogP contribution in [0.1, 0.15) is 32.6 Å². The van der Waals surface area contributed by atoms with Crippen LogP contribution in [0.2, 0.25) is 0 Å². The van der Waals surface area contributed by atoms with Gasteiger partial charge in [0.2, 0.25) is 5.91 Å². The van der Waals surface area contributed by atoms with Crippen molar-refractivity contribution < 1.29 is 9.90 Å². The summed E-state index contributed by atoms with van der Waals surface area (Å²) in [6.45, 7) is 6.23. The minimum atomic E-state index is 0.0566. The fourth-order valence-corrected chi connectivity index (χ4v) is 3.00. The molecule has 4 heteroatoms. The van der Waals surface area contributed by atoms with Gasteiger partial charge in [-0.3, -0.25) is 4.79 Å². The molecule has 2 heterocycles. The van der Waals surface area contributed by atoms with E-state index >= 15 is 0 Å². The minimum Gasteiger partial charge on any atom is -0.394 e. The van der Waals surface area contributed by atoms with Gasteiger partial charge in [0.05, 0.1) is 12.6 Å². The summed E-state index contributed by atoms with van der Waals surface area (Å²) >= 11 is 0. The number of aliphatic hydroxyl groups excluding tert-OH is 1. The van der Waals surface area contributed by atoms with Crippen LogP contribution in [0.3, 0.4) is 0 Å². The molecule has 0 saturated carbocycles. The maximum Gasteiger partial charge on any atom is 0.224 e. The van der Waals surface area contributed by atoms with Crippen molar-refractivity contribution in [1.82, 2.24) is 9.80 Å². The fourth-order valence-electron chi connectivity index (χ4n) is 3.00. The molecule has 2 aliphatic heterocycles. The Hall–Kier alpha value is -0.610. The van der Waals surface area contributed by atoms with Crippen molar-refractivity contribution in [3.8, 4) is 0 Å². The van der Waals surface area contributed by atoms with Gasteiger partial charge in [-0.25, -0.2) is 0 Å². The molecule has 0 bridgehead atoms. The normalized spacial score (nSPS) is 30.1. The molecule has 0 radical (unpaired) electrons. The Bertz CT molecular complexity index is 264. The largest absolute Gasteiger partial charge is 0.394 e. The first-order chi connectivity index (χ1) is 8.22. The van der Waals surface area contributed by atoms with Crippen molar-refractivity contribution in [3.05, 3.63) is 0 Å². The number of amides is 1. The second-order valence-corrected chi connectivity index (χ2v) is 5.40. The zero-order valence-electron chi connectivity index (χ0n) is 10.8. The van der Waals surface area contributed by atoms with Gasteiger partial charge in [0, 0.05) is 19.5 Å². The smallest absolute Gasteiger partial charge is 0.224 e. The molecule has 2 aliphatic rings. The highest BCUT2D eigenvalue weighted by atomic mass is 16.3. The van der Waals surface area contributed by atoms with Crippen molar-refractivity contribution in [2.75, 3.05) is 32.8 Å². The highest BCUT2D eigenvalue weighted by Crippen LogP contribution is 2.24. The summed E-state index contributed by atoms with van der Waals surface area (Å²) in [7, 11) is 0. The van der Waals surface area contributed by atoms with Crippen molar-refractivity contribution in [2.45, 2.75) is 38.6 Å². The molecule has 1 N–H and O–H groups in total. The molecular weight excluding hydrogens is 216 g/mol. The van der Waals surface area contributed by atoms with Gasteiger partial charge in [-0.15, -0.1) is 0 Å². The number of hydrogen-bond donors (Lipinski definition) is 1. The predicted molar refractivity (Wildman–Crippen MR) is 66.7 cm³/mol. The Kier molecular flexibility index (Phi) is 4.40. The molecule has 2 saturated heterocycles. The molecule has 0 aromatic rings. The summed E-state index contributed by atoms with van der Waals surface area (Å²) in [4.78, 5) is 16.4. The first kappa shape index (κ1) is 12.8. The lowest BCUT2D eigenvalue weighted by molar-refractivity contribution is -0.133. The summed E-state index contributed by atoms with van der Waals surface area (Å²) in [6.07, 6.45) is 4.19. The first-order valence-corrected chi connectivity index (χ1v) is 6.85. The van der Waals surface area contributed by atoms with E-state index in [9.17, 15) is 9.90 Å². The number of carbonyl (C=O) groups is 1. The number of likely N-dealkylation sites (tertiary alicyclic amines) is 2. The van der Waals surface area contributed by atoms with Gasteiger partial charge in [-0.05, 0) is 38.3 Å². The van der Waals surface area contributed by atoms with E-state index in [1.165, 1.54) is 12.8 Å². The number of nitrogens with zero attached hydrogens (tertiary/aromatic N) is 2. The number of aliphatic hydroxyl groups is 1. The third kappa shape index (κ3) is 2.99. The average Bonchev–Trinajstić information content (AvgIpc) is 2.94. The first-order valence-electron chi connectivity index (χ1n) is 6.85. The van der Waals surface area contributed by atoms with Gasteiger partial charge in [0.25, 0.3) is 0 Å². The van der Waals surface area contributed by atoms with E-state index in [0.29, 0.717) is 12.3 Å². The van der Waals surface area contributed by atoms with Crippen molar-refractivity contribution >= 4 is 5.91 Å². The zero-order chi connectivity index (χ0) is 12.3. The molecule has 17 heavy (non-hydrogen) atoms. The van der Waals surface area contributed by atoms with Crippen LogP contribution in [0, 0.1) is 5.92 Å². The van der Waals surface area contributed by atoms with Crippen LogP contribution in [0.15, 0.2) is 0 Å². The van der Waals surface area contributed by atoms with Crippen molar-refractivity contribution in [3.63, 3.8) is 0 Å². The third-order valence-electron chi connectivity index (χ3n) is 4.23. The number of hydrogen-bond acceptors (Lipinski definition) is 3. The minimum absolute atomic E-state index is 0.0566. The molecule has 98 valence electrons. The van der Waals surface area contributed by atoms with Crippen LogP contribution >= 0.6 is 0 Å². The Morgan fingerprint density at radius 3 is 2.65 bits per heavy atom. The molecule has 1 amide bonds. The van der Waals surface area contributed by atoms with E-state index in [2.05, 4.69) is 11.8 Å². The van der Waals surface area contributed by atoms with Gasteiger partial charge in [-0.1, -0.05) is 6.92 Å². The molecule has 4 nitrogen and oxygen atoms in total. The van der Waals surface area contributed by atoms with Gasteiger partial charge in [0.1, 0.15) is 0 Å². The van der Waals surface area contributed by atoms with E-state index < -0.39 is 0 Å². The summed E-state index contributed by atoms with van der Waals surface area (Å²) in [5, 5.41) is 9.33. The highest BCUT2D eigenvalue weighted by molar-refractivity contribution is 5.77. The van der Waals surface area contributed by atoms with Gasteiger partial charge in [0.15, 0.2) is 0 Å². The summed E-state index contributed by atoms with van der Waals surface area (Å²) < 4.78 is 0. The molecular formula is C13H24N2O2. The van der Waals surface area contributed by atoms with E-state index in [1.807, 2.05) is 4.90 Å². The van der Waals surface area contributed by atoms with Gasteiger partial charge >= 0.3 is 0 Å². The van der Waals surface area contributed by atoms with E-state index in [1.54, 1.807) is 0 Å². The lowest BCUT2D eigenvalue weighted by atomic mass is 10.0. The van der Waals surface area contributed by atoms with E-state index in [-0.39, 0.29) is 18.6 Å². The lowest BCUT2D eigenvalue weighted by Crippen LogP contribution is -2.41. The molecule has 0 aliphatic carbocycles. The van der Waals surface area contributed by atoms with Crippen LogP contribution in [-0.4, -0.2) is 59.6 Å². The molecule has 0 spiro atoms. The maximum absolute atomic E-state index is 12.1. The monoisotopic (exact) mass is 240 g/mol. The Labute approximate surface area is 104 Å². The Morgan fingerprint density at radius 1 is 1.29 bits per heavy atom. The van der Waals surface area contributed by atoms with Gasteiger partial charge in [-0.2, -0.15) is 0 Å².